The van der Waals surface area contributed by atoms with Gasteiger partial charge in [-0.25, -0.2) is 8.78 Å². The summed E-state index contributed by atoms with van der Waals surface area (Å²) in [5.74, 6) is -2.01. The number of nitrogens with zero attached hydrogens (tertiary/aromatic N) is 4. The molecule has 0 amide bonds. The Hall–Kier alpha value is -1.20. The van der Waals surface area contributed by atoms with Gasteiger partial charge in [0, 0.05) is 6.54 Å². The van der Waals surface area contributed by atoms with Gasteiger partial charge in [-0.3, -0.25) is 4.68 Å². The summed E-state index contributed by atoms with van der Waals surface area (Å²) in [6.45, 7) is 2.14. The number of halogens is 2. The molecule has 1 aromatic rings. The van der Waals surface area contributed by atoms with Crippen molar-refractivity contribution in [2.24, 2.45) is 0 Å². The standard InChI is InChI=1S/C7H10F2N4/c1-2-13-3-6(10-11-13)12-4-7(8,9)5-12/h3H,2,4-5H2,1H3. The van der Waals surface area contributed by atoms with Crippen LogP contribution in [0.4, 0.5) is 14.6 Å². The Kier molecular flexibility index (Phi) is 1.71. The van der Waals surface area contributed by atoms with E-state index in [0.29, 0.717) is 12.4 Å². The summed E-state index contributed by atoms with van der Waals surface area (Å²) < 4.78 is 26.5. The highest BCUT2D eigenvalue weighted by Gasteiger charge is 2.44. The highest BCUT2D eigenvalue weighted by molar-refractivity contribution is 5.40. The molecular formula is C7H10F2N4. The van der Waals surface area contributed by atoms with Crippen LogP contribution in [0.15, 0.2) is 6.20 Å². The Balaban J connectivity index is 2.03. The minimum atomic E-state index is -2.55. The summed E-state index contributed by atoms with van der Waals surface area (Å²) in [6.07, 6.45) is 1.68. The lowest BCUT2D eigenvalue weighted by atomic mass is 10.1. The van der Waals surface area contributed by atoms with Gasteiger partial charge in [-0.05, 0) is 6.92 Å². The first-order valence-corrected chi connectivity index (χ1v) is 4.13. The highest BCUT2D eigenvalue weighted by Crippen LogP contribution is 2.29. The van der Waals surface area contributed by atoms with Crippen molar-refractivity contribution in [3.8, 4) is 0 Å². The molecule has 1 aromatic heterocycles. The van der Waals surface area contributed by atoms with Gasteiger partial charge in [0.2, 0.25) is 0 Å². The quantitative estimate of drug-likeness (QED) is 0.686. The third-order valence-electron chi connectivity index (χ3n) is 2.02. The number of hydrogen-bond acceptors (Lipinski definition) is 3. The smallest absolute Gasteiger partial charge is 0.282 e. The van der Waals surface area contributed by atoms with Crippen molar-refractivity contribution in [3.63, 3.8) is 0 Å². The molecule has 0 atom stereocenters. The van der Waals surface area contributed by atoms with Crippen molar-refractivity contribution in [3.05, 3.63) is 6.20 Å². The third-order valence-corrected chi connectivity index (χ3v) is 2.02. The van der Waals surface area contributed by atoms with Gasteiger partial charge in [0.15, 0.2) is 5.82 Å². The van der Waals surface area contributed by atoms with E-state index in [4.69, 9.17) is 0 Å². The predicted octanol–water partition coefficient (Wildman–Crippen LogP) is 0.753. The van der Waals surface area contributed by atoms with Crippen LogP contribution in [0, 0.1) is 0 Å². The molecule has 72 valence electrons. The lowest BCUT2D eigenvalue weighted by Gasteiger charge is -2.38. The van der Waals surface area contributed by atoms with Crippen molar-refractivity contribution < 1.29 is 8.78 Å². The monoisotopic (exact) mass is 188 g/mol. The number of aromatic nitrogens is 3. The summed E-state index contributed by atoms with van der Waals surface area (Å²) in [6, 6.07) is 0. The fourth-order valence-electron chi connectivity index (χ4n) is 1.26. The fraction of sp³-hybridized carbons (Fsp3) is 0.714. The normalized spacial score (nSPS) is 20.1. The van der Waals surface area contributed by atoms with Gasteiger partial charge in [0.25, 0.3) is 5.92 Å². The largest absolute Gasteiger partial charge is 0.342 e. The first-order valence-electron chi connectivity index (χ1n) is 4.13. The van der Waals surface area contributed by atoms with Crippen molar-refractivity contribution >= 4 is 5.82 Å². The maximum atomic E-state index is 12.5. The second-order valence-electron chi connectivity index (χ2n) is 3.14. The molecule has 0 saturated carbocycles. The zero-order valence-corrected chi connectivity index (χ0v) is 7.24. The van der Waals surface area contributed by atoms with Crippen LogP contribution in [-0.4, -0.2) is 34.0 Å². The van der Waals surface area contributed by atoms with Crippen molar-refractivity contribution in [1.82, 2.24) is 15.0 Å². The topological polar surface area (TPSA) is 34.0 Å². The Bertz CT molecular complexity index is 301. The van der Waals surface area contributed by atoms with Gasteiger partial charge in [-0.15, -0.1) is 5.10 Å². The lowest BCUT2D eigenvalue weighted by Crippen LogP contribution is -2.56. The molecular weight excluding hydrogens is 178 g/mol. The van der Waals surface area contributed by atoms with E-state index in [2.05, 4.69) is 10.3 Å². The van der Waals surface area contributed by atoms with E-state index >= 15 is 0 Å². The van der Waals surface area contributed by atoms with Crippen molar-refractivity contribution in [1.29, 1.82) is 0 Å². The molecule has 0 aromatic carbocycles. The second kappa shape index (κ2) is 2.65. The number of anilines is 1. The van der Waals surface area contributed by atoms with E-state index in [1.165, 1.54) is 4.90 Å². The predicted molar refractivity (Wildman–Crippen MR) is 42.9 cm³/mol. The molecule has 0 bridgehead atoms. The number of aryl methyl sites for hydroxylation is 1. The van der Waals surface area contributed by atoms with Crippen LogP contribution in [-0.2, 0) is 6.54 Å². The van der Waals surface area contributed by atoms with E-state index in [0.717, 1.165) is 0 Å². The Labute approximate surface area is 74.1 Å². The summed E-state index contributed by atoms with van der Waals surface area (Å²) in [4.78, 5) is 1.51. The molecule has 0 spiro atoms. The van der Waals surface area contributed by atoms with E-state index < -0.39 is 5.92 Å². The van der Waals surface area contributed by atoms with E-state index in [1.807, 2.05) is 6.92 Å². The van der Waals surface area contributed by atoms with Crippen LogP contribution in [0.1, 0.15) is 6.92 Å². The lowest BCUT2D eigenvalue weighted by molar-refractivity contribution is -0.0267. The molecule has 1 saturated heterocycles. The third kappa shape index (κ3) is 1.48. The summed E-state index contributed by atoms with van der Waals surface area (Å²) >= 11 is 0. The van der Waals surface area contributed by atoms with Crippen LogP contribution in [0.2, 0.25) is 0 Å². The van der Waals surface area contributed by atoms with Crippen LogP contribution in [0.5, 0.6) is 0 Å². The molecule has 0 unspecified atom stereocenters. The number of rotatable bonds is 2. The molecule has 2 rings (SSSR count). The van der Waals surface area contributed by atoms with Gasteiger partial charge >= 0.3 is 0 Å². The molecule has 6 heteroatoms. The van der Waals surface area contributed by atoms with E-state index in [1.54, 1.807) is 10.9 Å². The van der Waals surface area contributed by atoms with Crippen molar-refractivity contribution in [2.45, 2.75) is 19.4 Å². The van der Waals surface area contributed by atoms with Crippen LogP contribution in [0.25, 0.3) is 0 Å². The average Bonchev–Trinajstić information content (AvgIpc) is 2.47. The first kappa shape index (κ1) is 8.40. The molecule has 4 nitrogen and oxygen atoms in total. The van der Waals surface area contributed by atoms with Gasteiger partial charge < -0.3 is 4.90 Å². The van der Waals surface area contributed by atoms with Gasteiger partial charge in [0.05, 0.1) is 19.3 Å². The Morgan fingerprint density at radius 1 is 1.54 bits per heavy atom. The molecule has 1 aliphatic rings. The highest BCUT2D eigenvalue weighted by atomic mass is 19.3. The minimum Gasteiger partial charge on any atom is -0.342 e. The maximum Gasteiger partial charge on any atom is 0.282 e. The van der Waals surface area contributed by atoms with Gasteiger partial charge in [-0.2, -0.15) is 0 Å². The SMILES string of the molecule is CCn1cc(N2CC(F)(F)C2)nn1. The second-order valence-corrected chi connectivity index (χ2v) is 3.14. The summed E-state index contributed by atoms with van der Waals surface area (Å²) in [5, 5.41) is 7.55. The molecule has 0 aliphatic carbocycles. The summed E-state index contributed by atoms with van der Waals surface area (Å²) in [7, 11) is 0. The molecule has 0 N–H and O–H groups in total. The molecule has 0 radical (unpaired) electrons. The van der Waals surface area contributed by atoms with Crippen molar-refractivity contribution in [2.75, 3.05) is 18.0 Å². The molecule has 1 fully saturated rings. The van der Waals surface area contributed by atoms with Crippen LogP contribution in [0.3, 0.4) is 0 Å². The van der Waals surface area contributed by atoms with Gasteiger partial charge in [-0.1, -0.05) is 5.21 Å². The molecule has 1 aliphatic heterocycles. The van der Waals surface area contributed by atoms with Gasteiger partial charge in [0.1, 0.15) is 0 Å². The summed E-state index contributed by atoms with van der Waals surface area (Å²) in [5.41, 5.74) is 0. The zero-order valence-electron chi connectivity index (χ0n) is 7.24. The van der Waals surface area contributed by atoms with Crippen LogP contribution >= 0.6 is 0 Å². The molecule has 2 heterocycles. The molecule has 13 heavy (non-hydrogen) atoms. The Morgan fingerprint density at radius 3 is 2.69 bits per heavy atom. The number of hydrogen-bond donors (Lipinski definition) is 0. The minimum absolute atomic E-state index is 0.241. The average molecular weight is 188 g/mol. The van der Waals surface area contributed by atoms with Crippen LogP contribution < -0.4 is 4.90 Å². The zero-order chi connectivity index (χ0) is 9.47. The van der Waals surface area contributed by atoms with E-state index in [-0.39, 0.29) is 13.1 Å². The Morgan fingerprint density at radius 2 is 2.23 bits per heavy atom. The first-order chi connectivity index (χ1) is 6.11. The van der Waals surface area contributed by atoms with E-state index in [9.17, 15) is 8.78 Å². The number of alkyl halides is 2. The fourth-order valence-corrected chi connectivity index (χ4v) is 1.26. The maximum absolute atomic E-state index is 12.5.